The number of amides is 1. The minimum atomic E-state index is -0.392. The maximum atomic E-state index is 13.1. The van der Waals surface area contributed by atoms with Crippen molar-refractivity contribution in [2.24, 2.45) is 5.92 Å². The molecule has 1 amide bonds. The van der Waals surface area contributed by atoms with Crippen LogP contribution < -0.4 is 0 Å². The van der Waals surface area contributed by atoms with Gasteiger partial charge in [-0.25, -0.2) is 14.4 Å². The smallest absolute Gasteiger partial charge is 0.311 e. The summed E-state index contributed by atoms with van der Waals surface area (Å²) in [5, 5.41) is 0. The number of fused-ring (bicyclic) bond motifs is 1. The summed E-state index contributed by atoms with van der Waals surface area (Å²) in [4.78, 5) is 36.0. The zero-order valence-electron chi connectivity index (χ0n) is 16.7. The number of hydrogen-bond acceptors (Lipinski definition) is 5. The molecular weight excluding hydrogens is 385 g/mol. The SMILES string of the molecule is Cc1nc2ccccc2nc1COC(=O)[C@@H]1CCCN(C(=O)c2ccc(F)cc2)C1. The number of carbonyl (C=O) groups excluding carboxylic acids is 2. The van der Waals surface area contributed by atoms with Gasteiger partial charge in [0, 0.05) is 18.7 Å². The molecule has 2 heterocycles. The van der Waals surface area contributed by atoms with E-state index in [2.05, 4.69) is 9.97 Å². The Hall–Kier alpha value is -3.35. The van der Waals surface area contributed by atoms with Crippen molar-refractivity contribution in [2.45, 2.75) is 26.4 Å². The topological polar surface area (TPSA) is 72.4 Å². The molecule has 1 aliphatic heterocycles. The van der Waals surface area contributed by atoms with Gasteiger partial charge in [0.25, 0.3) is 5.91 Å². The second kappa shape index (κ2) is 8.57. The van der Waals surface area contributed by atoms with Gasteiger partial charge in [0.05, 0.1) is 28.3 Å². The summed E-state index contributed by atoms with van der Waals surface area (Å²) >= 11 is 0. The van der Waals surface area contributed by atoms with E-state index in [1.54, 1.807) is 4.90 Å². The molecule has 154 valence electrons. The summed E-state index contributed by atoms with van der Waals surface area (Å²) in [6, 6.07) is 13.0. The van der Waals surface area contributed by atoms with Crippen LogP contribution in [0.15, 0.2) is 48.5 Å². The summed E-state index contributed by atoms with van der Waals surface area (Å²) in [6.07, 6.45) is 1.37. The number of piperidine rings is 1. The Morgan fingerprint density at radius 2 is 1.80 bits per heavy atom. The lowest BCUT2D eigenvalue weighted by Gasteiger charge is -2.31. The Kier molecular flexibility index (Phi) is 5.70. The summed E-state index contributed by atoms with van der Waals surface area (Å²) in [6.45, 7) is 2.74. The lowest BCUT2D eigenvalue weighted by molar-refractivity contribution is -0.151. The highest BCUT2D eigenvalue weighted by molar-refractivity contribution is 5.94. The van der Waals surface area contributed by atoms with Crippen LogP contribution in [0.1, 0.15) is 34.6 Å². The van der Waals surface area contributed by atoms with Crippen molar-refractivity contribution in [1.82, 2.24) is 14.9 Å². The number of halogens is 1. The molecule has 0 radical (unpaired) electrons. The summed E-state index contributed by atoms with van der Waals surface area (Å²) in [7, 11) is 0. The number of likely N-dealkylation sites (tertiary alicyclic amines) is 1. The van der Waals surface area contributed by atoms with Crippen LogP contribution in [0.4, 0.5) is 4.39 Å². The molecule has 7 heteroatoms. The number of nitrogens with zero attached hydrogens (tertiary/aromatic N) is 3. The predicted molar refractivity (Wildman–Crippen MR) is 109 cm³/mol. The van der Waals surface area contributed by atoms with Crippen molar-refractivity contribution >= 4 is 22.9 Å². The molecule has 30 heavy (non-hydrogen) atoms. The lowest BCUT2D eigenvalue weighted by atomic mass is 9.97. The molecule has 0 bridgehead atoms. The number of hydrogen-bond donors (Lipinski definition) is 0. The van der Waals surface area contributed by atoms with E-state index in [4.69, 9.17) is 4.74 Å². The minimum Gasteiger partial charge on any atom is -0.459 e. The van der Waals surface area contributed by atoms with Crippen LogP contribution in [0.5, 0.6) is 0 Å². The average Bonchev–Trinajstić information content (AvgIpc) is 2.77. The van der Waals surface area contributed by atoms with Gasteiger partial charge in [0.2, 0.25) is 0 Å². The van der Waals surface area contributed by atoms with Gasteiger partial charge in [-0.2, -0.15) is 0 Å². The fraction of sp³-hybridized carbons (Fsp3) is 0.304. The highest BCUT2D eigenvalue weighted by Gasteiger charge is 2.30. The molecule has 3 aromatic rings. The molecule has 0 saturated carbocycles. The van der Waals surface area contributed by atoms with E-state index >= 15 is 0 Å². The Morgan fingerprint density at radius 3 is 2.53 bits per heavy atom. The van der Waals surface area contributed by atoms with Crippen molar-refractivity contribution in [3.63, 3.8) is 0 Å². The fourth-order valence-electron chi connectivity index (χ4n) is 3.65. The number of ether oxygens (including phenoxy) is 1. The van der Waals surface area contributed by atoms with E-state index in [0.29, 0.717) is 30.6 Å². The van der Waals surface area contributed by atoms with Crippen LogP contribution in [0.3, 0.4) is 0 Å². The number of para-hydroxylation sites is 2. The van der Waals surface area contributed by atoms with E-state index in [-0.39, 0.29) is 25.0 Å². The second-order valence-corrected chi connectivity index (χ2v) is 7.45. The highest BCUT2D eigenvalue weighted by Crippen LogP contribution is 2.21. The minimum absolute atomic E-state index is 0.0465. The predicted octanol–water partition coefficient (Wildman–Crippen LogP) is 3.67. The van der Waals surface area contributed by atoms with Crippen molar-refractivity contribution in [1.29, 1.82) is 0 Å². The maximum absolute atomic E-state index is 13.1. The third-order valence-electron chi connectivity index (χ3n) is 5.33. The van der Waals surface area contributed by atoms with Crippen LogP contribution in [0.25, 0.3) is 11.0 Å². The number of carbonyl (C=O) groups is 2. The van der Waals surface area contributed by atoms with Gasteiger partial charge in [0.1, 0.15) is 12.4 Å². The molecule has 6 nitrogen and oxygen atoms in total. The normalized spacial score (nSPS) is 16.5. The van der Waals surface area contributed by atoms with Crippen LogP contribution in [0.2, 0.25) is 0 Å². The van der Waals surface area contributed by atoms with E-state index < -0.39 is 11.7 Å². The Balaban J connectivity index is 1.39. The zero-order valence-corrected chi connectivity index (χ0v) is 16.7. The highest BCUT2D eigenvalue weighted by atomic mass is 19.1. The van der Waals surface area contributed by atoms with Gasteiger partial charge < -0.3 is 9.64 Å². The van der Waals surface area contributed by atoms with Gasteiger partial charge in [-0.3, -0.25) is 9.59 Å². The van der Waals surface area contributed by atoms with Crippen LogP contribution in [-0.4, -0.2) is 39.8 Å². The molecule has 1 saturated heterocycles. The van der Waals surface area contributed by atoms with Crippen LogP contribution >= 0.6 is 0 Å². The molecule has 1 aliphatic rings. The molecule has 0 unspecified atom stereocenters. The van der Waals surface area contributed by atoms with E-state index in [1.165, 1.54) is 24.3 Å². The quantitative estimate of drug-likeness (QED) is 0.617. The van der Waals surface area contributed by atoms with Crippen molar-refractivity contribution in [3.05, 3.63) is 71.3 Å². The molecule has 1 aromatic heterocycles. The number of aromatic nitrogens is 2. The molecule has 4 rings (SSSR count). The Morgan fingerprint density at radius 1 is 1.10 bits per heavy atom. The monoisotopic (exact) mass is 407 g/mol. The molecule has 0 N–H and O–H groups in total. The first-order valence-electron chi connectivity index (χ1n) is 9.95. The summed E-state index contributed by atoms with van der Waals surface area (Å²) < 4.78 is 18.6. The van der Waals surface area contributed by atoms with Gasteiger partial charge in [-0.05, 0) is 56.2 Å². The first-order valence-corrected chi connectivity index (χ1v) is 9.95. The third-order valence-corrected chi connectivity index (χ3v) is 5.33. The lowest BCUT2D eigenvalue weighted by Crippen LogP contribution is -2.42. The largest absolute Gasteiger partial charge is 0.459 e. The first-order chi connectivity index (χ1) is 14.5. The average molecular weight is 407 g/mol. The molecule has 1 fully saturated rings. The molecule has 0 aliphatic carbocycles. The van der Waals surface area contributed by atoms with Crippen molar-refractivity contribution in [3.8, 4) is 0 Å². The van der Waals surface area contributed by atoms with Crippen molar-refractivity contribution < 1.29 is 18.7 Å². The van der Waals surface area contributed by atoms with E-state index in [9.17, 15) is 14.0 Å². The van der Waals surface area contributed by atoms with Gasteiger partial charge >= 0.3 is 5.97 Å². The Bertz CT molecular complexity index is 1080. The van der Waals surface area contributed by atoms with Crippen LogP contribution in [0, 0.1) is 18.7 Å². The van der Waals surface area contributed by atoms with Gasteiger partial charge in [-0.1, -0.05) is 12.1 Å². The standard InChI is InChI=1S/C23H22FN3O3/c1-15-21(26-20-7-3-2-6-19(20)25-15)14-30-23(29)17-5-4-12-27(13-17)22(28)16-8-10-18(24)11-9-16/h2-3,6-11,17H,4-5,12-14H2,1H3/t17-/m1/s1. The number of benzene rings is 2. The van der Waals surface area contributed by atoms with E-state index in [0.717, 1.165) is 16.7 Å². The van der Waals surface area contributed by atoms with E-state index in [1.807, 2.05) is 31.2 Å². The zero-order chi connectivity index (χ0) is 21.1. The molecule has 0 spiro atoms. The second-order valence-electron chi connectivity index (χ2n) is 7.45. The number of esters is 1. The number of rotatable bonds is 4. The Labute approximate surface area is 173 Å². The van der Waals surface area contributed by atoms with Gasteiger partial charge in [-0.15, -0.1) is 0 Å². The molecule has 2 aromatic carbocycles. The summed E-state index contributed by atoms with van der Waals surface area (Å²) in [5.41, 5.74) is 3.30. The van der Waals surface area contributed by atoms with Crippen molar-refractivity contribution in [2.75, 3.05) is 13.1 Å². The fourth-order valence-corrected chi connectivity index (χ4v) is 3.65. The number of aryl methyl sites for hydroxylation is 1. The maximum Gasteiger partial charge on any atom is 0.311 e. The molecular formula is C23H22FN3O3. The summed E-state index contributed by atoms with van der Waals surface area (Å²) in [5.74, 6) is -1.33. The van der Waals surface area contributed by atoms with Gasteiger partial charge in [0.15, 0.2) is 0 Å². The first kappa shape index (κ1) is 19.9. The van der Waals surface area contributed by atoms with Crippen LogP contribution in [-0.2, 0) is 16.1 Å². The molecule has 1 atom stereocenters. The third kappa shape index (κ3) is 4.30.